The average molecular weight is 190 g/mol. The number of rotatable bonds is 1. The fraction of sp³-hybridized carbons (Fsp3) is 0.273. The molecule has 0 saturated heterocycles. The van der Waals surface area contributed by atoms with E-state index in [1.807, 2.05) is 12.1 Å². The van der Waals surface area contributed by atoms with Crippen LogP contribution in [0.5, 0.6) is 0 Å². The van der Waals surface area contributed by atoms with Crippen LogP contribution in [0.4, 0.5) is 0 Å². The van der Waals surface area contributed by atoms with Crippen molar-refractivity contribution in [3.05, 3.63) is 41.0 Å². The Morgan fingerprint density at radius 2 is 2.23 bits per heavy atom. The first kappa shape index (κ1) is 8.57. The van der Waals surface area contributed by atoms with Gasteiger partial charge in [-0.2, -0.15) is 0 Å². The van der Waals surface area contributed by atoms with Crippen LogP contribution >= 0.6 is 0 Å². The summed E-state index contributed by atoms with van der Waals surface area (Å²) in [5.74, 6) is 1.63. The van der Waals surface area contributed by atoms with Gasteiger partial charge in [0.1, 0.15) is 5.76 Å². The minimum absolute atomic E-state index is 0.617. The summed E-state index contributed by atoms with van der Waals surface area (Å²) in [6.45, 7) is 4.45. The highest BCUT2D eigenvalue weighted by Crippen LogP contribution is 2.35. The van der Waals surface area contributed by atoms with Crippen LogP contribution in [0.2, 0.25) is 0 Å². The molecule has 2 rings (SSSR count). The molecule has 1 atom stereocenters. The van der Waals surface area contributed by atoms with Crippen molar-refractivity contribution >= 4 is 15.8 Å². The van der Waals surface area contributed by atoms with Crippen LogP contribution in [0.25, 0.3) is 5.57 Å². The molecule has 0 fully saturated rings. The molecule has 1 heterocycles. The van der Waals surface area contributed by atoms with Crippen molar-refractivity contribution in [3.8, 4) is 0 Å². The van der Waals surface area contributed by atoms with Gasteiger partial charge in [0.15, 0.2) is 0 Å². The van der Waals surface area contributed by atoms with E-state index in [1.54, 1.807) is 11.5 Å². The molecule has 68 valence electrons. The normalized spacial score (nSPS) is 22.6. The summed E-state index contributed by atoms with van der Waals surface area (Å²) in [7, 11) is 1.15. The highest BCUT2D eigenvalue weighted by atomic mass is 28.1. The maximum atomic E-state index is 5.40. The lowest BCUT2D eigenvalue weighted by Gasteiger charge is -2.01. The standard InChI is InChI=1S/C11H14OSi/c1-7-6-9(8(2)11(7)13)10-4-3-5-12-10/h3-7H,1-2,13H3. The first-order chi connectivity index (χ1) is 6.20. The summed E-state index contributed by atoms with van der Waals surface area (Å²) < 4.78 is 5.40. The molecule has 0 amide bonds. The van der Waals surface area contributed by atoms with E-state index >= 15 is 0 Å². The number of allylic oxidation sites excluding steroid dienone is 4. The highest BCUT2D eigenvalue weighted by molar-refractivity contribution is 6.24. The predicted molar refractivity (Wildman–Crippen MR) is 58.5 cm³/mol. The second-order valence-electron chi connectivity index (χ2n) is 3.65. The molecule has 0 spiro atoms. The van der Waals surface area contributed by atoms with E-state index < -0.39 is 0 Å². The number of hydrogen-bond donors (Lipinski definition) is 0. The zero-order chi connectivity index (χ0) is 9.42. The molecule has 1 aromatic heterocycles. The van der Waals surface area contributed by atoms with Gasteiger partial charge >= 0.3 is 0 Å². The van der Waals surface area contributed by atoms with Crippen LogP contribution in [0, 0.1) is 5.92 Å². The summed E-state index contributed by atoms with van der Waals surface area (Å²) in [5.41, 5.74) is 2.72. The van der Waals surface area contributed by atoms with Crippen molar-refractivity contribution in [1.29, 1.82) is 0 Å². The molecule has 0 bridgehead atoms. The Kier molecular flexibility index (Phi) is 2.00. The number of hydrogen-bond acceptors (Lipinski definition) is 1. The third kappa shape index (κ3) is 1.31. The first-order valence-corrected chi connectivity index (χ1v) is 5.63. The van der Waals surface area contributed by atoms with Crippen molar-refractivity contribution in [3.63, 3.8) is 0 Å². The van der Waals surface area contributed by atoms with Crippen LogP contribution in [0.15, 0.2) is 39.7 Å². The molecule has 1 nitrogen and oxygen atoms in total. The van der Waals surface area contributed by atoms with E-state index in [-0.39, 0.29) is 0 Å². The van der Waals surface area contributed by atoms with E-state index in [0.29, 0.717) is 5.92 Å². The third-order valence-electron chi connectivity index (χ3n) is 2.88. The zero-order valence-electron chi connectivity index (χ0n) is 8.29. The molecule has 13 heavy (non-hydrogen) atoms. The van der Waals surface area contributed by atoms with Gasteiger partial charge in [0.05, 0.1) is 6.26 Å². The maximum absolute atomic E-state index is 5.40. The van der Waals surface area contributed by atoms with Crippen LogP contribution in [0.3, 0.4) is 0 Å². The summed E-state index contributed by atoms with van der Waals surface area (Å²) in [6, 6.07) is 3.97. The van der Waals surface area contributed by atoms with Crippen molar-refractivity contribution in [2.24, 2.45) is 5.92 Å². The molecular formula is C11H14OSi. The lowest BCUT2D eigenvalue weighted by Crippen LogP contribution is -1.91. The lowest BCUT2D eigenvalue weighted by atomic mass is 10.1. The maximum Gasteiger partial charge on any atom is 0.133 e. The highest BCUT2D eigenvalue weighted by Gasteiger charge is 2.19. The smallest absolute Gasteiger partial charge is 0.133 e. The summed E-state index contributed by atoms with van der Waals surface area (Å²) >= 11 is 0. The molecule has 0 aliphatic heterocycles. The van der Waals surface area contributed by atoms with Gasteiger partial charge in [0, 0.05) is 15.8 Å². The molecule has 1 aliphatic rings. The summed E-state index contributed by atoms with van der Waals surface area (Å²) in [4.78, 5) is 0. The number of furan rings is 1. The fourth-order valence-electron chi connectivity index (χ4n) is 1.75. The van der Waals surface area contributed by atoms with Gasteiger partial charge in [-0.05, 0) is 30.5 Å². The second kappa shape index (κ2) is 3.03. The van der Waals surface area contributed by atoms with E-state index in [0.717, 1.165) is 16.0 Å². The van der Waals surface area contributed by atoms with Crippen molar-refractivity contribution in [2.45, 2.75) is 13.8 Å². The Morgan fingerprint density at radius 3 is 2.69 bits per heavy atom. The van der Waals surface area contributed by atoms with Gasteiger partial charge in [-0.25, -0.2) is 0 Å². The molecule has 1 aromatic rings. The molecule has 0 aromatic carbocycles. The topological polar surface area (TPSA) is 13.1 Å². The zero-order valence-corrected chi connectivity index (χ0v) is 10.3. The van der Waals surface area contributed by atoms with Gasteiger partial charge in [-0.3, -0.25) is 0 Å². The average Bonchev–Trinajstić information content (AvgIpc) is 2.70. The van der Waals surface area contributed by atoms with E-state index in [9.17, 15) is 0 Å². The second-order valence-corrected chi connectivity index (χ2v) is 4.73. The van der Waals surface area contributed by atoms with Crippen LogP contribution < -0.4 is 0 Å². The minimum atomic E-state index is 0.617. The summed E-state index contributed by atoms with van der Waals surface area (Å²) in [6.07, 6.45) is 4.04. The van der Waals surface area contributed by atoms with Crippen molar-refractivity contribution < 1.29 is 4.42 Å². The van der Waals surface area contributed by atoms with Gasteiger partial charge < -0.3 is 4.42 Å². The molecule has 0 radical (unpaired) electrons. The van der Waals surface area contributed by atoms with Crippen molar-refractivity contribution in [2.75, 3.05) is 0 Å². The van der Waals surface area contributed by atoms with E-state index in [2.05, 4.69) is 19.9 Å². The van der Waals surface area contributed by atoms with Gasteiger partial charge in [0.25, 0.3) is 0 Å². The van der Waals surface area contributed by atoms with Crippen LogP contribution in [-0.2, 0) is 0 Å². The lowest BCUT2D eigenvalue weighted by molar-refractivity contribution is 0.553. The molecule has 0 N–H and O–H groups in total. The Morgan fingerprint density at radius 1 is 1.46 bits per heavy atom. The summed E-state index contributed by atoms with van der Waals surface area (Å²) in [5, 5.41) is 1.59. The van der Waals surface area contributed by atoms with E-state index in [1.165, 1.54) is 11.1 Å². The molecule has 1 unspecified atom stereocenters. The Bertz CT molecular complexity index is 371. The van der Waals surface area contributed by atoms with Gasteiger partial charge in [0.2, 0.25) is 0 Å². The van der Waals surface area contributed by atoms with Crippen molar-refractivity contribution in [1.82, 2.24) is 0 Å². The fourth-order valence-corrected chi connectivity index (χ4v) is 2.19. The van der Waals surface area contributed by atoms with Gasteiger partial charge in [-0.1, -0.05) is 18.2 Å². The monoisotopic (exact) mass is 190 g/mol. The molecule has 2 heteroatoms. The predicted octanol–water partition coefficient (Wildman–Crippen LogP) is 1.95. The van der Waals surface area contributed by atoms with Crippen LogP contribution in [-0.4, -0.2) is 10.2 Å². The molecular weight excluding hydrogens is 176 g/mol. The Hall–Kier alpha value is -1.02. The first-order valence-electron chi connectivity index (χ1n) is 4.63. The SMILES string of the molecule is CC1=C([SiH3])C(C)C=C1c1ccco1. The Labute approximate surface area is 81.6 Å². The Balaban J connectivity index is 2.44. The molecule has 1 aliphatic carbocycles. The van der Waals surface area contributed by atoms with Gasteiger partial charge in [-0.15, -0.1) is 0 Å². The molecule has 0 saturated carbocycles. The van der Waals surface area contributed by atoms with Crippen LogP contribution in [0.1, 0.15) is 19.6 Å². The van der Waals surface area contributed by atoms with E-state index in [4.69, 9.17) is 4.42 Å². The minimum Gasteiger partial charge on any atom is -0.464 e. The quantitative estimate of drug-likeness (QED) is 0.617. The largest absolute Gasteiger partial charge is 0.464 e. The third-order valence-corrected chi connectivity index (χ3v) is 4.54.